The number of hydrogen-bond acceptors (Lipinski definition) is 4. The Hall–Kier alpha value is -2.29. The normalized spacial score (nSPS) is 9.87. The predicted molar refractivity (Wildman–Crippen MR) is 48.8 cm³/mol. The lowest BCUT2D eigenvalue weighted by Gasteiger charge is -1.99. The molecule has 0 saturated heterocycles. The predicted octanol–water partition coefficient (Wildman–Crippen LogP) is 1.00. The van der Waals surface area contributed by atoms with Gasteiger partial charge in [-0.1, -0.05) is 0 Å². The second-order valence-corrected chi connectivity index (χ2v) is 2.83. The molecule has 15 heavy (non-hydrogen) atoms. The van der Waals surface area contributed by atoms with E-state index in [1.165, 1.54) is 16.8 Å². The van der Waals surface area contributed by atoms with Crippen LogP contribution in [-0.4, -0.2) is 20.2 Å². The third-order valence-corrected chi connectivity index (χ3v) is 1.85. The zero-order valence-corrected chi connectivity index (χ0v) is 7.63. The molecular weight excluding hydrogens is 197 g/mol. The largest absolute Gasteiger partial charge is 0.211 e. The molecule has 2 rings (SSSR count). The summed E-state index contributed by atoms with van der Waals surface area (Å²) in [5, 5.41) is 19.4. The average Bonchev–Trinajstić information content (AvgIpc) is 2.68. The maximum absolute atomic E-state index is 12.7. The van der Waals surface area contributed by atoms with E-state index in [1.54, 1.807) is 12.1 Å². The Morgan fingerprint density at radius 1 is 1.33 bits per heavy atom. The van der Waals surface area contributed by atoms with Gasteiger partial charge in [-0.15, -0.1) is 5.10 Å². The van der Waals surface area contributed by atoms with Crippen molar-refractivity contribution < 1.29 is 4.39 Å². The van der Waals surface area contributed by atoms with Crippen molar-refractivity contribution in [2.45, 2.75) is 6.54 Å². The Kier molecular flexibility index (Phi) is 2.37. The van der Waals surface area contributed by atoms with Crippen molar-refractivity contribution in [3.8, 4) is 17.5 Å². The first kappa shape index (κ1) is 9.27. The molecule has 0 aliphatic carbocycles. The van der Waals surface area contributed by atoms with Crippen molar-refractivity contribution in [3.05, 3.63) is 30.1 Å². The fourth-order valence-electron chi connectivity index (χ4n) is 1.18. The lowest BCUT2D eigenvalue weighted by Crippen LogP contribution is -2.00. The Balaban J connectivity index is 2.41. The van der Waals surface area contributed by atoms with Crippen LogP contribution in [0.15, 0.2) is 24.3 Å². The molecule has 0 N–H and O–H groups in total. The number of rotatable bonds is 2. The molecule has 0 aliphatic heterocycles. The Morgan fingerprint density at radius 2 is 2.07 bits per heavy atom. The monoisotopic (exact) mass is 203 g/mol. The van der Waals surface area contributed by atoms with Gasteiger partial charge in [0.05, 0.1) is 6.07 Å². The minimum Gasteiger partial charge on any atom is -0.211 e. The number of halogens is 1. The number of nitrogens with zero attached hydrogens (tertiary/aromatic N) is 5. The fourth-order valence-corrected chi connectivity index (χ4v) is 1.18. The van der Waals surface area contributed by atoms with Crippen molar-refractivity contribution in [3.63, 3.8) is 0 Å². The highest BCUT2D eigenvalue weighted by atomic mass is 19.1. The highest BCUT2D eigenvalue weighted by Gasteiger charge is 2.07. The molecule has 1 heterocycles. The quantitative estimate of drug-likeness (QED) is 0.730. The molecule has 6 heteroatoms. The molecule has 0 fully saturated rings. The second-order valence-electron chi connectivity index (χ2n) is 2.83. The molecule has 0 saturated carbocycles. The first-order chi connectivity index (χ1) is 7.31. The van der Waals surface area contributed by atoms with E-state index in [9.17, 15) is 4.39 Å². The van der Waals surface area contributed by atoms with Crippen molar-refractivity contribution in [1.29, 1.82) is 5.26 Å². The van der Waals surface area contributed by atoms with Crippen LogP contribution in [0.4, 0.5) is 4.39 Å². The second kappa shape index (κ2) is 3.84. The zero-order valence-electron chi connectivity index (χ0n) is 7.63. The lowest BCUT2D eigenvalue weighted by atomic mass is 10.2. The molecule has 0 aliphatic rings. The van der Waals surface area contributed by atoms with Gasteiger partial charge < -0.3 is 0 Å². The van der Waals surface area contributed by atoms with Crippen LogP contribution in [0, 0.1) is 17.1 Å². The molecule has 2 aromatic rings. The number of hydrogen-bond donors (Lipinski definition) is 0. The third-order valence-electron chi connectivity index (χ3n) is 1.85. The maximum atomic E-state index is 12.7. The highest BCUT2D eigenvalue weighted by molar-refractivity contribution is 5.54. The summed E-state index contributed by atoms with van der Waals surface area (Å²) < 4.78 is 14.0. The molecule has 0 unspecified atom stereocenters. The van der Waals surface area contributed by atoms with Crippen LogP contribution < -0.4 is 0 Å². The van der Waals surface area contributed by atoms with E-state index in [1.807, 2.05) is 6.07 Å². The van der Waals surface area contributed by atoms with Crippen LogP contribution in [-0.2, 0) is 6.54 Å². The van der Waals surface area contributed by atoms with Gasteiger partial charge in [0.2, 0.25) is 0 Å². The van der Waals surface area contributed by atoms with Gasteiger partial charge in [0.1, 0.15) is 12.4 Å². The molecule has 0 atom stereocenters. The summed E-state index contributed by atoms with van der Waals surface area (Å²) >= 11 is 0. The number of aromatic nitrogens is 4. The molecule has 0 bridgehead atoms. The van der Waals surface area contributed by atoms with Crippen LogP contribution in [0.25, 0.3) is 11.4 Å². The topological polar surface area (TPSA) is 67.4 Å². The van der Waals surface area contributed by atoms with Gasteiger partial charge >= 0.3 is 0 Å². The lowest BCUT2D eigenvalue weighted by molar-refractivity contribution is 0.627. The average molecular weight is 203 g/mol. The summed E-state index contributed by atoms with van der Waals surface area (Å²) in [7, 11) is 0. The van der Waals surface area contributed by atoms with E-state index in [0.29, 0.717) is 11.4 Å². The van der Waals surface area contributed by atoms with Crippen molar-refractivity contribution in [2.24, 2.45) is 0 Å². The van der Waals surface area contributed by atoms with Gasteiger partial charge in [-0.2, -0.15) is 5.26 Å². The van der Waals surface area contributed by atoms with E-state index in [-0.39, 0.29) is 12.4 Å². The van der Waals surface area contributed by atoms with E-state index >= 15 is 0 Å². The zero-order chi connectivity index (χ0) is 10.7. The summed E-state index contributed by atoms with van der Waals surface area (Å²) in [4.78, 5) is 0. The number of nitriles is 1. The molecule has 0 amide bonds. The van der Waals surface area contributed by atoms with Gasteiger partial charge in [-0.25, -0.2) is 9.07 Å². The Labute approximate surface area is 84.8 Å². The van der Waals surface area contributed by atoms with Crippen molar-refractivity contribution >= 4 is 0 Å². The number of tetrazole rings is 1. The van der Waals surface area contributed by atoms with Crippen LogP contribution >= 0.6 is 0 Å². The molecular formula is C9H6FN5. The fraction of sp³-hybridized carbons (Fsp3) is 0.111. The van der Waals surface area contributed by atoms with Crippen molar-refractivity contribution in [2.75, 3.05) is 0 Å². The summed E-state index contributed by atoms with van der Waals surface area (Å²) in [6.45, 7) is 0.0692. The van der Waals surface area contributed by atoms with Crippen LogP contribution in [0.3, 0.4) is 0 Å². The molecule has 0 spiro atoms. The van der Waals surface area contributed by atoms with Gasteiger partial charge in [-0.3, -0.25) is 0 Å². The molecule has 0 radical (unpaired) electrons. The van der Waals surface area contributed by atoms with Gasteiger partial charge in [-0.05, 0) is 34.7 Å². The molecule has 1 aromatic carbocycles. The van der Waals surface area contributed by atoms with Crippen LogP contribution in [0.1, 0.15) is 0 Å². The summed E-state index contributed by atoms with van der Waals surface area (Å²) in [6, 6.07) is 7.71. The Bertz CT molecular complexity index is 496. The van der Waals surface area contributed by atoms with E-state index in [4.69, 9.17) is 5.26 Å². The van der Waals surface area contributed by atoms with Gasteiger partial charge in [0.25, 0.3) is 0 Å². The van der Waals surface area contributed by atoms with Crippen LogP contribution in [0.2, 0.25) is 0 Å². The van der Waals surface area contributed by atoms with E-state index in [0.717, 1.165) is 0 Å². The summed E-state index contributed by atoms with van der Waals surface area (Å²) in [6.07, 6.45) is 0. The molecule has 1 aromatic heterocycles. The molecule has 5 nitrogen and oxygen atoms in total. The maximum Gasteiger partial charge on any atom is 0.183 e. The molecule has 74 valence electrons. The first-order valence-electron chi connectivity index (χ1n) is 4.20. The minimum atomic E-state index is -0.321. The highest BCUT2D eigenvalue weighted by Crippen LogP contribution is 2.15. The summed E-state index contributed by atoms with van der Waals surface area (Å²) in [5.74, 6) is 0.134. The SMILES string of the molecule is N#CCn1nnnc1-c1ccc(F)cc1. The standard InChI is InChI=1S/C9H6FN5/c10-8-3-1-7(2-4-8)9-12-13-14-15(9)6-5-11/h1-4H,6H2. The third kappa shape index (κ3) is 1.81. The first-order valence-corrected chi connectivity index (χ1v) is 4.20. The van der Waals surface area contributed by atoms with E-state index in [2.05, 4.69) is 15.5 Å². The minimum absolute atomic E-state index is 0.0692. The Morgan fingerprint density at radius 3 is 2.73 bits per heavy atom. The number of benzene rings is 1. The smallest absolute Gasteiger partial charge is 0.183 e. The van der Waals surface area contributed by atoms with E-state index < -0.39 is 0 Å². The van der Waals surface area contributed by atoms with Crippen LogP contribution in [0.5, 0.6) is 0 Å². The van der Waals surface area contributed by atoms with Gasteiger partial charge in [0.15, 0.2) is 5.82 Å². The van der Waals surface area contributed by atoms with Gasteiger partial charge in [0, 0.05) is 5.56 Å². The summed E-state index contributed by atoms with van der Waals surface area (Å²) in [5.41, 5.74) is 0.677. The van der Waals surface area contributed by atoms with Crippen molar-refractivity contribution in [1.82, 2.24) is 20.2 Å².